The van der Waals surface area contributed by atoms with Gasteiger partial charge in [0.2, 0.25) is 5.43 Å². The van der Waals surface area contributed by atoms with Crippen LogP contribution >= 0.6 is 0 Å². The number of amides is 1. The van der Waals surface area contributed by atoms with E-state index in [1.54, 1.807) is 7.11 Å². The minimum Gasteiger partial charge on any atom is -0.378 e. The second-order valence-corrected chi connectivity index (χ2v) is 6.62. The van der Waals surface area contributed by atoms with E-state index in [2.05, 4.69) is 29.0 Å². The van der Waals surface area contributed by atoms with Gasteiger partial charge in [-0.25, -0.2) is 4.39 Å². The van der Waals surface area contributed by atoms with Gasteiger partial charge in [-0.05, 0) is 32.0 Å². The van der Waals surface area contributed by atoms with Crippen LogP contribution in [0.2, 0.25) is 0 Å². The highest BCUT2D eigenvalue weighted by Crippen LogP contribution is 2.16. The molecule has 0 unspecified atom stereocenters. The lowest BCUT2D eigenvalue weighted by Crippen LogP contribution is -2.45. The molecule has 2 heterocycles. The van der Waals surface area contributed by atoms with Gasteiger partial charge in [0.25, 0.3) is 5.91 Å². The molecule has 0 bridgehead atoms. The second-order valence-electron chi connectivity index (χ2n) is 6.62. The summed E-state index contributed by atoms with van der Waals surface area (Å²) in [4.78, 5) is 30.2. The Balaban J connectivity index is 1.85. The van der Waals surface area contributed by atoms with Crippen LogP contribution < -0.4 is 10.7 Å². The molecular weight excluding hydrogens is 325 g/mol. The van der Waals surface area contributed by atoms with E-state index in [9.17, 15) is 14.0 Å². The van der Waals surface area contributed by atoms with Crippen LogP contribution in [-0.4, -0.2) is 54.2 Å². The molecule has 1 aliphatic rings. The highest BCUT2D eigenvalue weighted by molar-refractivity contribution is 5.97. The number of pyridine rings is 1. The van der Waals surface area contributed by atoms with Gasteiger partial charge in [-0.15, -0.1) is 0 Å². The zero-order valence-corrected chi connectivity index (χ0v) is 14.5. The summed E-state index contributed by atoms with van der Waals surface area (Å²) in [5.41, 5.74) is -0.0288. The van der Waals surface area contributed by atoms with Crippen LogP contribution in [0.3, 0.4) is 0 Å². The Morgan fingerprint density at radius 1 is 1.40 bits per heavy atom. The summed E-state index contributed by atoms with van der Waals surface area (Å²) < 4.78 is 18.9. The molecule has 2 atom stereocenters. The van der Waals surface area contributed by atoms with E-state index < -0.39 is 17.2 Å². The molecule has 1 amide bonds. The van der Waals surface area contributed by atoms with Gasteiger partial charge in [0.1, 0.15) is 11.4 Å². The summed E-state index contributed by atoms with van der Waals surface area (Å²) in [6.07, 6.45) is 1.23. The van der Waals surface area contributed by atoms with Crippen molar-refractivity contribution in [2.24, 2.45) is 0 Å². The first-order chi connectivity index (χ1) is 11.9. The number of ether oxygens (including phenoxy) is 1. The molecule has 0 spiro atoms. The molecule has 2 aromatic rings. The number of carbonyl (C=O) groups is 1. The molecule has 1 aliphatic heterocycles. The number of hydrogen-bond donors (Lipinski definition) is 2. The SMILES string of the molecule is CO[C@H]1CN(C(C)C)C[C@@H]1NC(=O)c1c[nH]c2ccc(F)cc2c1=O. The second kappa shape index (κ2) is 6.93. The van der Waals surface area contributed by atoms with E-state index in [0.717, 1.165) is 12.6 Å². The van der Waals surface area contributed by atoms with Gasteiger partial charge >= 0.3 is 0 Å². The molecular formula is C18H22FN3O3. The Labute approximate surface area is 145 Å². The number of carbonyl (C=O) groups excluding carboxylic acids is 1. The molecule has 25 heavy (non-hydrogen) atoms. The lowest BCUT2D eigenvalue weighted by Gasteiger charge is -2.20. The van der Waals surface area contributed by atoms with E-state index in [1.165, 1.54) is 18.3 Å². The fourth-order valence-electron chi connectivity index (χ4n) is 3.21. The first-order valence-corrected chi connectivity index (χ1v) is 8.29. The number of benzene rings is 1. The van der Waals surface area contributed by atoms with Gasteiger partial charge in [0.05, 0.1) is 12.1 Å². The number of H-pyrrole nitrogens is 1. The maximum absolute atomic E-state index is 13.4. The zero-order valence-electron chi connectivity index (χ0n) is 14.5. The Morgan fingerprint density at radius 3 is 2.84 bits per heavy atom. The van der Waals surface area contributed by atoms with Gasteiger partial charge in [-0.1, -0.05) is 0 Å². The van der Waals surface area contributed by atoms with Gasteiger partial charge in [-0.2, -0.15) is 0 Å². The van der Waals surface area contributed by atoms with Crippen molar-refractivity contribution in [3.8, 4) is 0 Å². The van der Waals surface area contributed by atoms with Crippen LogP contribution in [0.15, 0.2) is 29.2 Å². The molecule has 0 aliphatic carbocycles. The van der Waals surface area contributed by atoms with Crippen molar-refractivity contribution in [3.05, 3.63) is 46.0 Å². The molecule has 6 nitrogen and oxygen atoms in total. The first-order valence-electron chi connectivity index (χ1n) is 8.29. The summed E-state index contributed by atoms with van der Waals surface area (Å²) in [5, 5.41) is 3.04. The van der Waals surface area contributed by atoms with Crippen molar-refractivity contribution < 1.29 is 13.9 Å². The van der Waals surface area contributed by atoms with E-state index >= 15 is 0 Å². The monoisotopic (exact) mass is 347 g/mol. The predicted octanol–water partition coefficient (Wildman–Crippen LogP) is 1.50. The number of nitrogens with one attached hydrogen (secondary N) is 2. The number of aromatic nitrogens is 1. The minimum atomic E-state index is -0.515. The first kappa shape index (κ1) is 17.6. The van der Waals surface area contributed by atoms with Crippen LogP contribution in [0.5, 0.6) is 0 Å². The standard InChI is InChI=1S/C18H22FN3O3/c1-10(2)22-8-15(16(9-22)25-3)21-18(24)13-7-20-14-5-4-11(19)6-12(14)17(13)23/h4-7,10,15-16H,8-9H2,1-3H3,(H,20,23)(H,21,24)/t15-,16-/m0/s1. The van der Waals surface area contributed by atoms with Crippen LogP contribution in [0.25, 0.3) is 10.9 Å². The molecule has 1 aromatic carbocycles. The normalized spacial score (nSPS) is 21.2. The topological polar surface area (TPSA) is 74.4 Å². The molecule has 0 saturated carbocycles. The van der Waals surface area contributed by atoms with Crippen LogP contribution in [0.1, 0.15) is 24.2 Å². The molecule has 3 rings (SSSR count). The van der Waals surface area contributed by atoms with E-state index in [0.29, 0.717) is 18.1 Å². The number of nitrogens with zero attached hydrogens (tertiary/aromatic N) is 1. The summed E-state index contributed by atoms with van der Waals surface area (Å²) in [5.74, 6) is -0.997. The Hall–Kier alpha value is -2.25. The third kappa shape index (κ3) is 3.43. The highest BCUT2D eigenvalue weighted by atomic mass is 19.1. The maximum Gasteiger partial charge on any atom is 0.257 e. The molecule has 7 heteroatoms. The van der Waals surface area contributed by atoms with Gasteiger partial charge in [-0.3, -0.25) is 14.5 Å². The van der Waals surface area contributed by atoms with Gasteiger partial charge in [0, 0.05) is 43.3 Å². The average Bonchev–Trinajstić information content (AvgIpc) is 2.98. The lowest BCUT2D eigenvalue weighted by molar-refractivity contribution is 0.0752. The third-order valence-corrected chi connectivity index (χ3v) is 4.73. The summed E-state index contributed by atoms with van der Waals surface area (Å²) in [6.45, 7) is 5.54. The predicted molar refractivity (Wildman–Crippen MR) is 93.3 cm³/mol. The zero-order chi connectivity index (χ0) is 18.1. The third-order valence-electron chi connectivity index (χ3n) is 4.73. The number of rotatable bonds is 4. The summed E-state index contributed by atoms with van der Waals surface area (Å²) >= 11 is 0. The van der Waals surface area contributed by atoms with Gasteiger partial charge in [0.15, 0.2) is 0 Å². The highest BCUT2D eigenvalue weighted by Gasteiger charge is 2.35. The Bertz CT molecular complexity index is 849. The van der Waals surface area contributed by atoms with Crippen molar-refractivity contribution in [2.45, 2.75) is 32.0 Å². The minimum absolute atomic E-state index is 0.0315. The van der Waals surface area contributed by atoms with Crippen molar-refractivity contribution >= 4 is 16.8 Å². The maximum atomic E-state index is 13.4. The van der Waals surface area contributed by atoms with E-state index in [-0.39, 0.29) is 23.1 Å². The van der Waals surface area contributed by atoms with Crippen molar-refractivity contribution in [2.75, 3.05) is 20.2 Å². The Morgan fingerprint density at radius 2 is 2.16 bits per heavy atom. The number of hydrogen-bond acceptors (Lipinski definition) is 4. The molecule has 134 valence electrons. The fourth-order valence-corrected chi connectivity index (χ4v) is 3.21. The number of halogens is 1. The van der Waals surface area contributed by atoms with E-state index in [1.807, 2.05) is 0 Å². The number of aromatic amines is 1. The molecule has 1 aromatic heterocycles. The number of likely N-dealkylation sites (tertiary alicyclic amines) is 1. The number of methoxy groups -OCH3 is 1. The van der Waals surface area contributed by atoms with Crippen molar-refractivity contribution in [1.29, 1.82) is 0 Å². The fraction of sp³-hybridized carbons (Fsp3) is 0.444. The quantitative estimate of drug-likeness (QED) is 0.879. The van der Waals surface area contributed by atoms with Crippen LogP contribution in [-0.2, 0) is 4.74 Å². The molecule has 1 fully saturated rings. The number of fused-ring (bicyclic) bond motifs is 1. The van der Waals surface area contributed by atoms with Crippen LogP contribution in [0, 0.1) is 5.82 Å². The molecule has 0 radical (unpaired) electrons. The molecule has 1 saturated heterocycles. The molecule has 2 N–H and O–H groups in total. The summed E-state index contributed by atoms with van der Waals surface area (Å²) in [6, 6.07) is 4.01. The van der Waals surface area contributed by atoms with E-state index in [4.69, 9.17) is 4.74 Å². The lowest BCUT2D eigenvalue weighted by atomic mass is 10.1. The van der Waals surface area contributed by atoms with Crippen molar-refractivity contribution in [3.63, 3.8) is 0 Å². The van der Waals surface area contributed by atoms with Crippen LogP contribution in [0.4, 0.5) is 4.39 Å². The average molecular weight is 347 g/mol. The summed E-state index contributed by atoms with van der Waals surface area (Å²) in [7, 11) is 1.61. The van der Waals surface area contributed by atoms with Crippen molar-refractivity contribution in [1.82, 2.24) is 15.2 Å². The van der Waals surface area contributed by atoms with Gasteiger partial charge < -0.3 is 15.0 Å². The largest absolute Gasteiger partial charge is 0.378 e. The Kier molecular flexibility index (Phi) is 4.87. The smallest absolute Gasteiger partial charge is 0.257 e.